The zero-order valence-electron chi connectivity index (χ0n) is 18.2. The highest BCUT2D eigenvalue weighted by molar-refractivity contribution is 7.14. The Morgan fingerprint density at radius 2 is 2.21 bits per heavy atom. The molecule has 11 heteroatoms. The summed E-state index contributed by atoms with van der Waals surface area (Å²) in [6.45, 7) is 4.79. The van der Waals surface area contributed by atoms with Crippen LogP contribution >= 0.6 is 11.3 Å². The van der Waals surface area contributed by atoms with Gasteiger partial charge in [0, 0.05) is 24.7 Å². The first-order valence-corrected chi connectivity index (χ1v) is 11.6. The van der Waals surface area contributed by atoms with Gasteiger partial charge in [-0.05, 0) is 37.1 Å². The Morgan fingerprint density at radius 3 is 3.00 bits per heavy atom. The number of aromatic nitrogens is 5. The van der Waals surface area contributed by atoms with Crippen LogP contribution in [0.1, 0.15) is 29.2 Å². The van der Waals surface area contributed by atoms with Gasteiger partial charge in [-0.2, -0.15) is 5.10 Å². The summed E-state index contributed by atoms with van der Waals surface area (Å²) in [7, 11) is 0. The second-order valence-corrected chi connectivity index (χ2v) is 8.84. The third-order valence-electron chi connectivity index (χ3n) is 5.76. The van der Waals surface area contributed by atoms with Gasteiger partial charge in [-0.25, -0.2) is 14.6 Å². The number of nitrogen functional groups attached to an aromatic ring is 1. The Morgan fingerprint density at radius 1 is 1.32 bits per heavy atom. The number of amides is 2. The van der Waals surface area contributed by atoms with E-state index in [0.29, 0.717) is 46.9 Å². The zero-order valence-corrected chi connectivity index (χ0v) is 19.0. The van der Waals surface area contributed by atoms with Gasteiger partial charge in [0.25, 0.3) is 5.91 Å². The Kier molecular flexibility index (Phi) is 5.76. The van der Waals surface area contributed by atoms with Gasteiger partial charge in [0.2, 0.25) is 5.91 Å². The molecule has 0 saturated carbocycles. The molecule has 5 heterocycles. The molecular formula is C23H22N8O2S. The number of nitrogens with two attached hydrogens (primary N) is 1. The summed E-state index contributed by atoms with van der Waals surface area (Å²) in [6, 6.07) is 5.25. The number of hydrogen-bond acceptors (Lipinski definition) is 8. The van der Waals surface area contributed by atoms with Crippen LogP contribution in [0.3, 0.4) is 0 Å². The van der Waals surface area contributed by atoms with E-state index in [4.69, 9.17) is 10.8 Å². The van der Waals surface area contributed by atoms with E-state index in [1.807, 2.05) is 4.68 Å². The van der Waals surface area contributed by atoms with Crippen molar-refractivity contribution in [2.24, 2.45) is 0 Å². The molecule has 0 aliphatic carbocycles. The van der Waals surface area contributed by atoms with Crippen molar-refractivity contribution in [1.29, 1.82) is 0 Å². The normalized spacial score (nSPS) is 15.9. The smallest absolute Gasteiger partial charge is 0.256 e. The Balaban J connectivity index is 1.50. The molecule has 3 N–H and O–H groups in total. The highest BCUT2D eigenvalue weighted by Crippen LogP contribution is 2.36. The van der Waals surface area contributed by atoms with Gasteiger partial charge >= 0.3 is 0 Å². The monoisotopic (exact) mass is 474 g/mol. The lowest BCUT2D eigenvalue weighted by Crippen LogP contribution is -2.40. The van der Waals surface area contributed by atoms with Crippen molar-refractivity contribution in [2.75, 3.05) is 24.1 Å². The third kappa shape index (κ3) is 4.01. The van der Waals surface area contributed by atoms with Gasteiger partial charge < -0.3 is 16.0 Å². The van der Waals surface area contributed by atoms with Gasteiger partial charge in [0.05, 0.1) is 33.8 Å². The lowest BCUT2D eigenvalue weighted by molar-refractivity contribution is -0.127. The standard InChI is InChI=1S/C23H22N8O2S/c1-2-18(32)30-8-4-6-16(11-30)31-22-19(21(24)26-13-27-22)20(29-31)17-9-14(12-34-17)23(33)28-15-5-3-7-25-10-15/h2-3,5,7,9-10,12-13,16H,1,4,6,8,11H2,(H,28,33)(H2,24,26,27)/t16-/m1/s1. The van der Waals surface area contributed by atoms with E-state index in [1.54, 1.807) is 40.9 Å². The number of fused-ring (bicyclic) bond motifs is 1. The highest BCUT2D eigenvalue weighted by Gasteiger charge is 2.28. The van der Waals surface area contributed by atoms with Crippen molar-refractivity contribution in [3.63, 3.8) is 0 Å². The number of hydrogen-bond donors (Lipinski definition) is 2. The number of likely N-dealkylation sites (tertiary alicyclic amines) is 1. The predicted molar refractivity (Wildman–Crippen MR) is 130 cm³/mol. The summed E-state index contributed by atoms with van der Waals surface area (Å²) in [5, 5.41) is 10.1. The molecule has 1 saturated heterocycles. The minimum absolute atomic E-state index is 0.0588. The van der Waals surface area contributed by atoms with Crippen LogP contribution in [0, 0.1) is 0 Å². The second-order valence-electron chi connectivity index (χ2n) is 7.93. The summed E-state index contributed by atoms with van der Waals surface area (Å²) in [5.74, 6) is -0.0248. The predicted octanol–water partition coefficient (Wildman–Crippen LogP) is 3.13. The van der Waals surface area contributed by atoms with Gasteiger partial charge in [0.15, 0.2) is 5.65 Å². The van der Waals surface area contributed by atoms with Crippen molar-refractivity contribution in [2.45, 2.75) is 18.9 Å². The number of nitrogens with one attached hydrogen (secondary N) is 1. The molecule has 172 valence electrons. The summed E-state index contributed by atoms with van der Waals surface area (Å²) in [5.41, 5.74) is 8.58. The van der Waals surface area contributed by atoms with Crippen LogP contribution in [0.2, 0.25) is 0 Å². The molecule has 1 fully saturated rings. The Labute approximate surface area is 199 Å². The van der Waals surface area contributed by atoms with E-state index in [-0.39, 0.29) is 17.9 Å². The summed E-state index contributed by atoms with van der Waals surface area (Å²) in [4.78, 5) is 40.1. The summed E-state index contributed by atoms with van der Waals surface area (Å²) in [6.07, 6.45) is 7.67. The highest BCUT2D eigenvalue weighted by atomic mass is 32.1. The topological polar surface area (TPSA) is 132 Å². The Hall–Kier alpha value is -4.12. The number of pyridine rings is 1. The first-order valence-electron chi connectivity index (χ1n) is 10.8. The minimum Gasteiger partial charge on any atom is -0.383 e. The van der Waals surface area contributed by atoms with Gasteiger partial charge in [-0.1, -0.05) is 6.58 Å². The molecule has 0 unspecified atom stereocenters. The molecule has 5 rings (SSSR count). The van der Waals surface area contributed by atoms with Gasteiger partial charge in [0.1, 0.15) is 17.8 Å². The maximum atomic E-state index is 12.7. The number of piperidine rings is 1. The van der Waals surface area contributed by atoms with Crippen molar-refractivity contribution < 1.29 is 9.59 Å². The van der Waals surface area contributed by atoms with Crippen LogP contribution < -0.4 is 11.1 Å². The van der Waals surface area contributed by atoms with Gasteiger partial charge in [-0.3, -0.25) is 14.6 Å². The van der Waals surface area contributed by atoms with E-state index < -0.39 is 0 Å². The van der Waals surface area contributed by atoms with Crippen LogP contribution in [-0.4, -0.2) is 54.5 Å². The number of carbonyl (C=O) groups excluding carboxylic acids is 2. The molecule has 1 aliphatic rings. The van der Waals surface area contributed by atoms with Crippen LogP contribution in [0.5, 0.6) is 0 Å². The lowest BCUT2D eigenvalue weighted by Gasteiger charge is -2.32. The molecule has 10 nitrogen and oxygen atoms in total. The number of anilines is 2. The molecule has 4 aromatic rings. The van der Waals surface area contributed by atoms with Crippen molar-refractivity contribution >= 4 is 45.7 Å². The average molecular weight is 475 g/mol. The minimum atomic E-state index is -0.241. The number of thiophene rings is 1. The first kappa shape index (κ1) is 21.7. The SMILES string of the molecule is C=CC(=O)N1CCC[C@@H](n2nc(-c3cc(C(=O)Nc4cccnc4)cs3)c3c(N)ncnc32)C1. The zero-order chi connectivity index (χ0) is 23.7. The van der Waals surface area contributed by atoms with Crippen LogP contribution in [-0.2, 0) is 4.79 Å². The largest absolute Gasteiger partial charge is 0.383 e. The lowest BCUT2D eigenvalue weighted by atomic mass is 10.1. The molecule has 34 heavy (non-hydrogen) atoms. The molecule has 0 aromatic carbocycles. The molecule has 0 spiro atoms. The van der Waals surface area contributed by atoms with Crippen LogP contribution in [0.4, 0.5) is 11.5 Å². The first-order chi connectivity index (χ1) is 16.5. The second kappa shape index (κ2) is 9.02. The maximum absolute atomic E-state index is 12.7. The molecule has 4 aromatic heterocycles. The van der Waals surface area contributed by atoms with Crippen LogP contribution in [0.15, 0.2) is 55.0 Å². The van der Waals surface area contributed by atoms with Crippen molar-refractivity contribution in [3.8, 4) is 10.6 Å². The van der Waals surface area contributed by atoms with E-state index in [9.17, 15) is 9.59 Å². The molecule has 1 atom stereocenters. The number of rotatable bonds is 5. The molecule has 2 amide bonds. The number of nitrogens with zero attached hydrogens (tertiary/aromatic N) is 6. The Bertz CT molecular complexity index is 1380. The van der Waals surface area contributed by atoms with E-state index in [2.05, 4.69) is 26.8 Å². The van der Waals surface area contributed by atoms with E-state index in [1.165, 1.54) is 23.7 Å². The molecule has 0 radical (unpaired) electrons. The number of carbonyl (C=O) groups is 2. The molecule has 0 bridgehead atoms. The molecular weight excluding hydrogens is 452 g/mol. The molecule has 1 aliphatic heterocycles. The quantitative estimate of drug-likeness (QED) is 0.425. The third-order valence-corrected chi connectivity index (χ3v) is 6.70. The van der Waals surface area contributed by atoms with E-state index >= 15 is 0 Å². The van der Waals surface area contributed by atoms with Crippen LogP contribution in [0.25, 0.3) is 21.6 Å². The van der Waals surface area contributed by atoms with Crippen molar-refractivity contribution in [3.05, 3.63) is 60.5 Å². The average Bonchev–Trinajstić information content (AvgIpc) is 3.50. The fraction of sp³-hybridized carbons (Fsp3) is 0.217. The van der Waals surface area contributed by atoms with E-state index in [0.717, 1.165) is 17.7 Å². The fourth-order valence-electron chi connectivity index (χ4n) is 4.13. The maximum Gasteiger partial charge on any atom is 0.256 e. The van der Waals surface area contributed by atoms with Crippen molar-refractivity contribution in [1.82, 2.24) is 29.6 Å². The summed E-state index contributed by atoms with van der Waals surface area (Å²) < 4.78 is 1.83. The fourth-order valence-corrected chi connectivity index (χ4v) is 5.00. The summed E-state index contributed by atoms with van der Waals surface area (Å²) >= 11 is 1.39. The van der Waals surface area contributed by atoms with Gasteiger partial charge in [-0.15, -0.1) is 11.3 Å².